The van der Waals surface area contributed by atoms with Crippen molar-refractivity contribution >= 4 is 17.6 Å². The molecule has 0 saturated carbocycles. The first kappa shape index (κ1) is 27.8. The highest BCUT2D eigenvalue weighted by atomic mass is 19.2. The van der Waals surface area contributed by atoms with Gasteiger partial charge in [0.05, 0.1) is 24.9 Å². The molecule has 0 spiro atoms. The zero-order valence-electron chi connectivity index (χ0n) is 20.9. The molecule has 1 heterocycles. The molecule has 0 radical (unpaired) electrons. The number of hydrogen-bond acceptors (Lipinski definition) is 4. The fourth-order valence-electron chi connectivity index (χ4n) is 4.25. The van der Waals surface area contributed by atoms with E-state index in [1.165, 1.54) is 24.1 Å². The van der Waals surface area contributed by atoms with E-state index in [1.54, 1.807) is 13.0 Å². The van der Waals surface area contributed by atoms with E-state index in [1.807, 2.05) is 0 Å². The number of fused-ring (bicyclic) bond motifs is 1. The maximum atomic E-state index is 15.1. The Balaban J connectivity index is 1.66. The molecule has 0 unspecified atom stereocenters. The highest BCUT2D eigenvalue weighted by Gasteiger charge is 2.35. The molecule has 1 atom stereocenters. The number of aliphatic hydroxyl groups is 1. The van der Waals surface area contributed by atoms with Crippen LogP contribution >= 0.6 is 0 Å². The van der Waals surface area contributed by atoms with E-state index in [9.17, 15) is 27.2 Å². The lowest BCUT2D eigenvalue weighted by atomic mass is 9.98. The van der Waals surface area contributed by atoms with Crippen molar-refractivity contribution in [2.75, 3.05) is 25.2 Å². The third-order valence-corrected chi connectivity index (χ3v) is 6.49. The molecule has 206 valence electrons. The number of ether oxygens (including phenoxy) is 1. The average Bonchev–Trinajstić information content (AvgIpc) is 2.90. The number of nitrogens with zero attached hydrogens (tertiary/aromatic N) is 2. The van der Waals surface area contributed by atoms with E-state index >= 15 is 4.39 Å². The summed E-state index contributed by atoms with van der Waals surface area (Å²) >= 11 is 0. The van der Waals surface area contributed by atoms with Crippen molar-refractivity contribution in [1.29, 1.82) is 0 Å². The lowest BCUT2D eigenvalue weighted by molar-refractivity contribution is 0.0950. The molecule has 0 aliphatic carbocycles. The second-order valence-electron chi connectivity index (χ2n) is 8.87. The van der Waals surface area contributed by atoms with Crippen molar-refractivity contribution in [3.05, 3.63) is 93.8 Å². The Morgan fingerprint density at radius 2 is 1.69 bits per heavy atom. The van der Waals surface area contributed by atoms with Crippen LogP contribution in [0.5, 0.6) is 5.75 Å². The fraction of sp³-hybridized carbons (Fsp3) is 0.259. The minimum Gasteiger partial charge on any atom is -0.488 e. The third kappa shape index (κ3) is 5.51. The van der Waals surface area contributed by atoms with Crippen LogP contribution in [-0.2, 0) is 13.1 Å². The minimum atomic E-state index is -1.17. The van der Waals surface area contributed by atoms with Gasteiger partial charge in [0.1, 0.15) is 29.9 Å². The third-order valence-electron chi connectivity index (χ3n) is 6.49. The van der Waals surface area contributed by atoms with Gasteiger partial charge in [-0.3, -0.25) is 9.69 Å². The van der Waals surface area contributed by atoms with Gasteiger partial charge in [0.2, 0.25) is 0 Å². The van der Waals surface area contributed by atoms with E-state index in [0.717, 1.165) is 17.0 Å². The van der Waals surface area contributed by atoms with Crippen LogP contribution in [0.1, 0.15) is 40.0 Å². The number of benzene rings is 3. The lowest BCUT2D eigenvalue weighted by Gasteiger charge is -2.39. The van der Waals surface area contributed by atoms with E-state index in [-0.39, 0.29) is 23.6 Å². The van der Waals surface area contributed by atoms with Gasteiger partial charge in [0.25, 0.3) is 5.91 Å². The highest BCUT2D eigenvalue weighted by Crippen LogP contribution is 2.38. The van der Waals surface area contributed by atoms with Gasteiger partial charge >= 0.3 is 6.03 Å². The number of hydrogen-bond donors (Lipinski definition) is 2. The Hall–Kier alpha value is -4.19. The van der Waals surface area contributed by atoms with Crippen LogP contribution in [0.15, 0.2) is 42.5 Å². The van der Waals surface area contributed by atoms with Gasteiger partial charge in [0, 0.05) is 42.4 Å². The van der Waals surface area contributed by atoms with Gasteiger partial charge in [-0.25, -0.2) is 26.7 Å². The molecule has 0 bridgehead atoms. The summed E-state index contributed by atoms with van der Waals surface area (Å²) in [5, 5.41) is 11.3. The molecular formula is C27H24F5N3O4. The molecule has 3 aromatic rings. The monoisotopic (exact) mass is 549 g/mol. The Labute approximate surface area is 220 Å². The molecule has 1 aliphatic rings. The molecule has 3 amide bonds. The zero-order chi connectivity index (χ0) is 28.4. The maximum Gasteiger partial charge on any atom is 0.325 e. The molecule has 12 heteroatoms. The van der Waals surface area contributed by atoms with Gasteiger partial charge in [-0.2, -0.15) is 0 Å². The summed E-state index contributed by atoms with van der Waals surface area (Å²) in [5.41, 5.74) is -0.211. The first-order chi connectivity index (χ1) is 18.5. The Morgan fingerprint density at radius 3 is 2.36 bits per heavy atom. The van der Waals surface area contributed by atoms with E-state index < -0.39 is 77.9 Å². The van der Waals surface area contributed by atoms with E-state index in [4.69, 9.17) is 9.84 Å². The van der Waals surface area contributed by atoms with Crippen LogP contribution in [0.4, 0.5) is 32.4 Å². The SMILES string of the molecule is C[C@H]1c2ccc(C(=O)NCc3c(F)cc(F)cc3F)cc2N(Cc2c(F)ccc(OCCO)c2F)C(=O)N1C. The number of anilines is 1. The van der Waals surface area contributed by atoms with Gasteiger partial charge in [-0.05, 0) is 36.8 Å². The second-order valence-corrected chi connectivity index (χ2v) is 8.87. The molecule has 39 heavy (non-hydrogen) atoms. The van der Waals surface area contributed by atoms with Crippen molar-refractivity contribution in [3.63, 3.8) is 0 Å². The second kappa shape index (κ2) is 11.3. The molecule has 1 aliphatic heterocycles. The molecule has 0 fully saturated rings. The maximum absolute atomic E-state index is 15.1. The minimum absolute atomic E-state index is 0.00667. The van der Waals surface area contributed by atoms with Crippen molar-refractivity contribution in [3.8, 4) is 5.75 Å². The summed E-state index contributed by atoms with van der Waals surface area (Å²) in [6.45, 7) is -0.00485. The molecule has 4 rings (SSSR count). The first-order valence-electron chi connectivity index (χ1n) is 11.8. The van der Waals surface area contributed by atoms with Crippen LogP contribution in [0.25, 0.3) is 0 Å². The van der Waals surface area contributed by atoms with E-state index in [0.29, 0.717) is 17.7 Å². The summed E-state index contributed by atoms with van der Waals surface area (Å²) in [6, 6.07) is 6.33. The lowest BCUT2D eigenvalue weighted by Crippen LogP contribution is -2.47. The van der Waals surface area contributed by atoms with Gasteiger partial charge in [0.15, 0.2) is 11.6 Å². The number of nitrogens with one attached hydrogen (secondary N) is 1. The van der Waals surface area contributed by atoms with Crippen LogP contribution in [-0.4, -0.2) is 42.2 Å². The van der Waals surface area contributed by atoms with Gasteiger partial charge in [-0.1, -0.05) is 6.07 Å². The van der Waals surface area contributed by atoms with Crippen LogP contribution in [0.2, 0.25) is 0 Å². The standard InChI is InChI=1S/C27H24F5N3O4/c1-14-17-4-3-15(26(37)33-12-18-21(30)10-16(28)11-22(18)31)9-23(17)35(27(38)34(14)2)13-19-20(29)5-6-24(25(19)32)39-8-7-36/h3-6,9-11,14,36H,7-8,12-13H2,1-2H3,(H,33,37)/t14-/m0/s1. The van der Waals surface area contributed by atoms with Gasteiger partial charge in [-0.15, -0.1) is 0 Å². The summed E-state index contributed by atoms with van der Waals surface area (Å²) in [7, 11) is 1.52. The Bertz CT molecular complexity index is 1410. The Kier molecular flexibility index (Phi) is 8.05. The largest absolute Gasteiger partial charge is 0.488 e. The normalized spacial score (nSPS) is 14.9. The zero-order valence-corrected chi connectivity index (χ0v) is 20.9. The average molecular weight is 549 g/mol. The van der Waals surface area contributed by atoms with Gasteiger partial charge < -0.3 is 20.1 Å². The summed E-state index contributed by atoms with van der Waals surface area (Å²) < 4.78 is 76.0. The summed E-state index contributed by atoms with van der Waals surface area (Å²) in [4.78, 5) is 28.5. The summed E-state index contributed by atoms with van der Waals surface area (Å²) in [6.07, 6.45) is 0. The molecule has 3 aromatic carbocycles. The smallest absolute Gasteiger partial charge is 0.325 e. The Morgan fingerprint density at radius 1 is 1.00 bits per heavy atom. The number of carbonyl (C=O) groups excluding carboxylic acids is 2. The molecule has 0 saturated heterocycles. The predicted molar refractivity (Wildman–Crippen MR) is 131 cm³/mol. The topological polar surface area (TPSA) is 82.1 Å². The number of carbonyl (C=O) groups is 2. The van der Waals surface area contributed by atoms with Crippen molar-refractivity contribution in [2.24, 2.45) is 0 Å². The number of amides is 3. The van der Waals surface area contributed by atoms with Crippen molar-refractivity contribution in [1.82, 2.24) is 10.2 Å². The summed E-state index contributed by atoms with van der Waals surface area (Å²) in [5.74, 6) is -6.47. The van der Waals surface area contributed by atoms with Crippen molar-refractivity contribution < 1.29 is 41.4 Å². The fourth-order valence-corrected chi connectivity index (χ4v) is 4.25. The highest BCUT2D eigenvalue weighted by molar-refractivity contribution is 5.99. The number of rotatable bonds is 8. The molecular weight excluding hydrogens is 525 g/mol. The number of urea groups is 1. The molecule has 2 N–H and O–H groups in total. The van der Waals surface area contributed by atoms with E-state index in [2.05, 4.69) is 5.32 Å². The molecule has 0 aromatic heterocycles. The quantitative estimate of drug-likeness (QED) is 0.395. The predicted octanol–water partition coefficient (Wildman–Crippen LogP) is 4.82. The van der Waals surface area contributed by atoms with Crippen LogP contribution < -0.4 is 15.0 Å². The van der Waals surface area contributed by atoms with Crippen LogP contribution in [0.3, 0.4) is 0 Å². The van der Waals surface area contributed by atoms with Crippen molar-refractivity contribution in [2.45, 2.75) is 26.1 Å². The molecule has 7 nitrogen and oxygen atoms in total. The van der Waals surface area contributed by atoms with Crippen LogP contribution in [0, 0.1) is 29.1 Å². The number of halogens is 5. The number of aliphatic hydroxyl groups excluding tert-OH is 1. The first-order valence-corrected chi connectivity index (χ1v) is 11.8.